The lowest BCUT2D eigenvalue weighted by atomic mass is 9.69. The van der Waals surface area contributed by atoms with Gasteiger partial charge in [0.25, 0.3) is 0 Å². The van der Waals surface area contributed by atoms with Gasteiger partial charge in [0.2, 0.25) is 0 Å². The lowest BCUT2D eigenvalue weighted by Gasteiger charge is -2.41. The van der Waals surface area contributed by atoms with E-state index < -0.39 is 0 Å². The standard InChI is InChI=1S/C14H29N/c1-5-12(4)9-14(15)8-6-7-13(10-14)11(2)3/h11-13H,5-10,15H2,1-4H3. The topological polar surface area (TPSA) is 26.0 Å². The second-order valence-electron chi connectivity index (χ2n) is 6.18. The zero-order valence-electron chi connectivity index (χ0n) is 11.1. The Labute approximate surface area is 95.8 Å². The zero-order chi connectivity index (χ0) is 11.5. The van der Waals surface area contributed by atoms with E-state index in [2.05, 4.69) is 27.7 Å². The molecule has 1 aliphatic carbocycles. The minimum absolute atomic E-state index is 0.155. The molecule has 90 valence electrons. The molecule has 1 saturated carbocycles. The van der Waals surface area contributed by atoms with Crippen LogP contribution in [0.5, 0.6) is 0 Å². The SMILES string of the molecule is CCC(C)CC1(N)CCCC(C(C)C)C1. The molecule has 0 spiro atoms. The third-order valence-electron chi connectivity index (χ3n) is 4.31. The third kappa shape index (κ3) is 3.79. The molecule has 0 radical (unpaired) electrons. The molecular weight excluding hydrogens is 182 g/mol. The van der Waals surface area contributed by atoms with Crippen molar-refractivity contribution in [1.29, 1.82) is 0 Å². The summed E-state index contributed by atoms with van der Waals surface area (Å²) in [5, 5.41) is 0. The Kier molecular flexibility index (Phi) is 4.64. The first-order valence-electron chi connectivity index (χ1n) is 6.75. The first-order valence-corrected chi connectivity index (χ1v) is 6.75. The van der Waals surface area contributed by atoms with Crippen LogP contribution >= 0.6 is 0 Å². The van der Waals surface area contributed by atoms with Crippen molar-refractivity contribution in [2.45, 2.75) is 71.8 Å². The van der Waals surface area contributed by atoms with Crippen molar-refractivity contribution >= 4 is 0 Å². The molecule has 0 bridgehead atoms. The van der Waals surface area contributed by atoms with Crippen molar-refractivity contribution in [3.05, 3.63) is 0 Å². The van der Waals surface area contributed by atoms with Crippen molar-refractivity contribution in [2.75, 3.05) is 0 Å². The quantitative estimate of drug-likeness (QED) is 0.748. The van der Waals surface area contributed by atoms with Crippen LogP contribution in [0.1, 0.15) is 66.2 Å². The summed E-state index contributed by atoms with van der Waals surface area (Å²) in [4.78, 5) is 0. The van der Waals surface area contributed by atoms with Crippen LogP contribution in [0.15, 0.2) is 0 Å². The van der Waals surface area contributed by atoms with Gasteiger partial charge >= 0.3 is 0 Å². The highest BCUT2D eigenvalue weighted by Crippen LogP contribution is 2.38. The maximum atomic E-state index is 6.56. The normalized spacial score (nSPS) is 34.4. The molecule has 1 heteroatoms. The van der Waals surface area contributed by atoms with E-state index >= 15 is 0 Å². The lowest BCUT2D eigenvalue weighted by molar-refractivity contribution is 0.158. The fourth-order valence-corrected chi connectivity index (χ4v) is 3.04. The second-order valence-corrected chi connectivity index (χ2v) is 6.18. The Morgan fingerprint density at radius 1 is 1.33 bits per heavy atom. The predicted molar refractivity (Wildman–Crippen MR) is 67.8 cm³/mol. The minimum atomic E-state index is 0.155. The van der Waals surface area contributed by atoms with Gasteiger partial charge in [0.1, 0.15) is 0 Å². The molecule has 1 aliphatic rings. The molecule has 0 aliphatic heterocycles. The van der Waals surface area contributed by atoms with E-state index in [0.717, 1.165) is 17.8 Å². The second kappa shape index (κ2) is 5.34. The Bertz CT molecular complexity index is 188. The van der Waals surface area contributed by atoms with Crippen LogP contribution in [0.2, 0.25) is 0 Å². The van der Waals surface area contributed by atoms with Crippen LogP contribution in [0.25, 0.3) is 0 Å². The van der Waals surface area contributed by atoms with E-state index in [-0.39, 0.29) is 5.54 Å². The van der Waals surface area contributed by atoms with E-state index in [1.165, 1.54) is 38.5 Å². The van der Waals surface area contributed by atoms with Gasteiger partial charge < -0.3 is 5.73 Å². The van der Waals surface area contributed by atoms with E-state index in [9.17, 15) is 0 Å². The first-order chi connectivity index (χ1) is 6.97. The van der Waals surface area contributed by atoms with Crippen molar-refractivity contribution in [3.8, 4) is 0 Å². The van der Waals surface area contributed by atoms with Gasteiger partial charge in [-0.05, 0) is 37.0 Å². The van der Waals surface area contributed by atoms with Crippen LogP contribution in [-0.2, 0) is 0 Å². The molecule has 0 aromatic rings. The Morgan fingerprint density at radius 3 is 2.53 bits per heavy atom. The Hall–Kier alpha value is -0.0400. The molecular formula is C14H29N. The van der Waals surface area contributed by atoms with Gasteiger partial charge in [0.15, 0.2) is 0 Å². The number of hydrogen-bond donors (Lipinski definition) is 1. The zero-order valence-corrected chi connectivity index (χ0v) is 11.1. The van der Waals surface area contributed by atoms with Crippen LogP contribution in [-0.4, -0.2) is 5.54 Å². The van der Waals surface area contributed by atoms with E-state index in [4.69, 9.17) is 5.73 Å². The summed E-state index contributed by atoms with van der Waals surface area (Å²) in [5.41, 5.74) is 6.72. The van der Waals surface area contributed by atoms with Crippen molar-refractivity contribution in [2.24, 2.45) is 23.5 Å². The molecule has 3 atom stereocenters. The van der Waals surface area contributed by atoms with Crippen LogP contribution in [0.3, 0.4) is 0 Å². The molecule has 1 nitrogen and oxygen atoms in total. The van der Waals surface area contributed by atoms with Crippen LogP contribution in [0.4, 0.5) is 0 Å². The monoisotopic (exact) mass is 211 g/mol. The van der Waals surface area contributed by atoms with Gasteiger partial charge in [-0.1, -0.05) is 47.0 Å². The van der Waals surface area contributed by atoms with Crippen molar-refractivity contribution < 1.29 is 0 Å². The molecule has 2 N–H and O–H groups in total. The summed E-state index contributed by atoms with van der Waals surface area (Å²) < 4.78 is 0. The Morgan fingerprint density at radius 2 is 2.00 bits per heavy atom. The summed E-state index contributed by atoms with van der Waals surface area (Å²) in [6, 6.07) is 0. The van der Waals surface area contributed by atoms with E-state index in [1.54, 1.807) is 0 Å². The van der Waals surface area contributed by atoms with E-state index in [1.807, 2.05) is 0 Å². The molecule has 1 fully saturated rings. The van der Waals surface area contributed by atoms with Gasteiger partial charge in [-0.25, -0.2) is 0 Å². The Balaban J connectivity index is 2.52. The van der Waals surface area contributed by atoms with Gasteiger partial charge in [0.05, 0.1) is 0 Å². The molecule has 0 aromatic heterocycles. The van der Waals surface area contributed by atoms with Gasteiger partial charge in [0, 0.05) is 5.54 Å². The summed E-state index contributed by atoms with van der Waals surface area (Å²) in [5.74, 6) is 2.47. The predicted octanol–water partition coefficient (Wildman–Crippen LogP) is 3.97. The van der Waals surface area contributed by atoms with Crippen molar-refractivity contribution in [1.82, 2.24) is 0 Å². The smallest absolute Gasteiger partial charge is 0.0159 e. The maximum Gasteiger partial charge on any atom is 0.0159 e. The third-order valence-corrected chi connectivity index (χ3v) is 4.31. The molecule has 0 heterocycles. The largest absolute Gasteiger partial charge is 0.325 e. The van der Waals surface area contributed by atoms with Crippen molar-refractivity contribution in [3.63, 3.8) is 0 Å². The molecule has 0 saturated heterocycles. The fraction of sp³-hybridized carbons (Fsp3) is 1.00. The molecule has 1 rings (SSSR count). The highest BCUT2D eigenvalue weighted by molar-refractivity contribution is 4.92. The fourth-order valence-electron chi connectivity index (χ4n) is 3.04. The average Bonchev–Trinajstić information content (AvgIpc) is 2.17. The number of rotatable bonds is 4. The highest BCUT2D eigenvalue weighted by Gasteiger charge is 2.34. The minimum Gasteiger partial charge on any atom is -0.325 e. The summed E-state index contributed by atoms with van der Waals surface area (Å²) in [6.45, 7) is 9.31. The summed E-state index contributed by atoms with van der Waals surface area (Å²) in [7, 11) is 0. The molecule has 0 aromatic carbocycles. The molecule has 0 amide bonds. The lowest BCUT2D eigenvalue weighted by Crippen LogP contribution is -2.46. The highest BCUT2D eigenvalue weighted by atomic mass is 14.7. The van der Waals surface area contributed by atoms with Crippen LogP contribution < -0.4 is 5.73 Å². The summed E-state index contributed by atoms with van der Waals surface area (Å²) >= 11 is 0. The first kappa shape index (κ1) is 13.0. The maximum absolute atomic E-state index is 6.56. The van der Waals surface area contributed by atoms with Crippen LogP contribution in [0, 0.1) is 17.8 Å². The van der Waals surface area contributed by atoms with Gasteiger partial charge in [-0.2, -0.15) is 0 Å². The number of hydrogen-bond acceptors (Lipinski definition) is 1. The van der Waals surface area contributed by atoms with E-state index in [0.29, 0.717) is 0 Å². The number of nitrogens with two attached hydrogens (primary N) is 1. The van der Waals surface area contributed by atoms with Gasteiger partial charge in [-0.15, -0.1) is 0 Å². The van der Waals surface area contributed by atoms with Gasteiger partial charge in [-0.3, -0.25) is 0 Å². The molecule has 15 heavy (non-hydrogen) atoms. The molecule has 3 unspecified atom stereocenters. The summed E-state index contributed by atoms with van der Waals surface area (Å²) in [6.07, 6.45) is 7.75. The average molecular weight is 211 g/mol.